The Hall–Kier alpha value is -4.26. The highest BCUT2D eigenvalue weighted by atomic mass is 35.5. The van der Waals surface area contributed by atoms with E-state index in [9.17, 15) is 25.0 Å². The van der Waals surface area contributed by atoms with Crippen LogP contribution < -0.4 is 15.8 Å². The summed E-state index contributed by atoms with van der Waals surface area (Å²) >= 11 is 0. The number of para-hydroxylation sites is 1. The highest BCUT2D eigenvalue weighted by Crippen LogP contribution is 2.35. The van der Waals surface area contributed by atoms with E-state index in [2.05, 4.69) is 78.7 Å². The maximum absolute atomic E-state index is 11.2. The first-order valence-electron chi connectivity index (χ1n) is 14.3. The average Bonchev–Trinajstić information content (AvgIpc) is 3.00. The van der Waals surface area contributed by atoms with Gasteiger partial charge in [-0.25, -0.2) is 4.79 Å². The van der Waals surface area contributed by atoms with Crippen LogP contribution in [-0.2, 0) is 11.2 Å². The summed E-state index contributed by atoms with van der Waals surface area (Å²) in [6.45, 7) is 8.66. The Balaban J connectivity index is 0.000000430. The van der Waals surface area contributed by atoms with Crippen molar-refractivity contribution in [1.29, 1.82) is 0 Å². The van der Waals surface area contributed by atoms with Gasteiger partial charge in [0.15, 0.2) is 0 Å². The third-order valence-electron chi connectivity index (χ3n) is 6.71. The molecular formula is C31H42ClN5O7. The second-order valence-electron chi connectivity index (χ2n) is 9.69. The van der Waals surface area contributed by atoms with E-state index in [-0.39, 0.29) is 24.5 Å². The maximum atomic E-state index is 11.2. The lowest BCUT2D eigenvalue weighted by Crippen LogP contribution is -2.29. The fourth-order valence-corrected chi connectivity index (χ4v) is 4.29. The number of unbranched alkanes of at least 4 members (excludes halogenated alkanes) is 1. The van der Waals surface area contributed by atoms with Crippen molar-refractivity contribution in [3.63, 3.8) is 0 Å². The van der Waals surface area contributed by atoms with Gasteiger partial charge in [0, 0.05) is 12.6 Å². The number of nitro groups is 2. The first-order valence-corrected chi connectivity index (χ1v) is 14.3. The van der Waals surface area contributed by atoms with Crippen molar-refractivity contribution >= 4 is 35.4 Å². The molecule has 0 bridgehead atoms. The number of nitrogens with zero attached hydrogens (tertiary/aromatic N) is 3. The summed E-state index contributed by atoms with van der Waals surface area (Å²) in [4.78, 5) is 33.7. The van der Waals surface area contributed by atoms with Gasteiger partial charge < -0.3 is 25.8 Å². The lowest BCUT2D eigenvalue weighted by Gasteiger charge is -2.18. The van der Waals surface area contributed by atoms with Gasteiger partial charge in [-0.15, -0.1) is 12.4 Å². The summed E-state index contributed by atoms with van der Waals surface area (Å²) in [5.41, 5.74) is 6.34. The monoisotopic (exact) mass is 631 g/mol. The van der Waals surface area contributed by atoms with E-state index in [1.165, 1.54) is 23.3 Å². The summed E-state index contributed by atoms with van der Waals surface area (Å²) in [6, 6.07) is 21.4. The molecular weight excluding hydrogens is 590 g/mol. The second-order valence-corrected chi connectivity index (χ2v) is 9.69. The third-order valence-corrected chi connectivity index (χ3v) is 6.71. The van der Waals surface area contributed by atoms with Crippen molar-refractivity contribution in [2.45, 2.75) is 45.6 Å². The molecule has 1 atom stereocenters. The number of likely N-dealkylation sites (N-methyl/N-ethyl adjacent to an activating group) is 1. The normalized spacial score (nSPS) is 11.0. The molecule has 3 aromatic rings. The molecule has 0 spiro atoms. The molecule has 3 rings (SSSR count). The first-order chi connectivity index (χ1) is 20.7. The molecule has 0 unspecified atom stereocenters. The SMILES string of the molecule is CCN(CC)CCOc1ccc(Cc2ccccc2)cc1.Cl.NCCCC[C@H](Nc1cccc([N+](=O)[O-])c1[N+](=O)[O-])C(=O)O. The Labute approximate surface area is 263 Å². The molecule has 12 nitrogen and oxygen atoms in total. The molecule has 4 N–H and O–H groups in total. The van der Waals surface area contributed by atoms with Gasteiger partial charge in [-0.2, -0.15) is 0 Å². The van der Waals surface area contributed by atoms with Crippen LogP contribution in [-0.4, -0.2) is 64.7 Å². The lowest BCUT2D eigenvalue weighted by atomic mass is 10.1. The third kappa shape index (κ3) is 12.9. The predicted molar refractivity (Wildman–Crippen MR) is 174 cm³/mol. The number of halogens is 1. The average molecular weight is 632 g/mol. The van der Waals surface area contributed by atoms with E-state index in [1.54, 1.807) is 0 Å². The van der Waals surface area contributed by atoms with Crippen LogP contribution >= 0.6 is 12.4 Å². The van der Waals surface area contributed by atoms with Crippen LogP contribution in [0.5, 0.6) is 5.75 Å². The smallest absolute Gasteiger partial charge is 0.368 e. The van der Waals surface area contributed by atoms with Crippen molar-refractivity contribution in [3.8, 4) is 5.75 Å². The Morgan fingerprint density at radius 3 is 2.11 bits per heavy atom. The van der Waals surface area contributed by atoms with Crippen molar-refractivity contribution in [3.05, 3.63) is 104 Å². The molecule has 0 aliphatic heterocycles. The summed E-state index contributed by atoms with van der Waals surface area (Å²) in [6.07, 6.45) is 2.30. The highest BCUT2D eigenvalue weighted by Gasteiger charge is 2.30. The number of aliphatic carboxylic acids is 1. The zero-order valence-corrected chi connectivity index (χ0v) is 25.9. The number of rotatable bonds is 17. The molecule has 0 amide bonds. The molecule has 44 heavy (non-hydrogen) atoms. The van der Waals surface area contributed by atoms with E-state index in [0.717, 1.165) is 44.5 Å². The Bertz CT molecular complexity index is 1290. The predicted octanol–water partition coefficient (Wildman–Crippen LogP) is 5.92. The van der Waals surface area contributed by atoms with Crippen molar-refractivity contribution < 1.29 is 24.5 Å². The Morgan fingerprint density at radius 2 is 1.57 bits per heavy atom. The van der Waals surface area contributed by atoms with Crippen molar-refractivity contribution in [2.24, 2.45) is 5.73 Å². The maximum Gasteiger partial charge on any atom is 0.368 e. The number of anilines is 1. The fraction of sp³-hybridized carbons (Fsp3) is 0.387. The standard InChI is InChI=1S/C19H25NO.C12H16N4O6.ClH/c1-3-20(4-2)14-15-21-19-12-10-18(11-13-19)16-17-8-6-5-7-9-17;13-7-2-1-4-9(12(17)18)14-8-5-3-6-10(15(19)20)11(8)16(21)22;/h5-13H,3-4,14-16H2,1-2H3;3,5-6,9,14H,1-2,4,7,13H2,(H,17,18);1H/t;9-;/m.0./s1. The van der Waals surface area contributed by atoms with Crippen LogP contribution in [0.15, 0.2) is 72.8 Å². The zero-order valence-electron chi connectivity index (χ0n) is 25.1. The first kappa shape index (κ1) is 37.8. The molecule has 13 heteroatoms. The number of carbonyl (C=O) groups is 1. The van der Waals surface area contributed by atoms with E-state index < -0.39 is 33.2 Å². The zero-order chi connectivity index (χ0) is 31.6. The van der Waals surface area contributed by atoms with Gasteiger partial charge >= 0.3 is 17.3 Å². The number of hydrogen-bond donors (Lipinski definition) is 3. The number of benzene rings is 3. The fourth-order valence-electron chi connectivity index (χ4n) is 4.29. The van der Waals surface area contributed by atoms with Gasteiger partial charge in [0.1, 0.15) is 24.1 Å². The minimum atomic E-state index is -1.20. The summed E-state index contributed by atoms with van der Waals surface area (Å²) in [5.74, 6) is -0.239. The summed E-state index contributed by atoms with van der Waals surface area (Å²) in [7, 11) is 0. The van der Waals surface area contributed by atoms with Gasteiger partial charge in [-0.3, -0.25) is 20.2 Å². The quantitative estimate of drug-likeness (QED) is 0.0921. The largest absolute Gasteiger partial charge is 0.492 e. The minimum absolute atomic E-state index is 0. The molecule has 0 aromatic heterocycles. The number of nitro benzene ring substituents is 2. The Morgan fingerprint density at radius 1 is 0.932 bits per heavy atom. The number of carboxylic acid groups (broad SMARTS) is 1. The number of nitrogens with two attached hydrogens (primary N) is 1. The summed E-state index contributed by atoms with van der Waals surface area (Å²) < 4.78 is 5.80. The summed E-state index contributed by atoms with van der Waals surface area (Å²) in [5, 5.41) is 33.5. The van der Waals surface area contributed by atoms with E-state index in [4.69, 9.17) is 15.6 Å². The lowest BCUT2D eigenvalue weighted by molar-refractivity contribution is -0.421. The number of nitrogens with one attached hydrogen (secondary N) is 1. The molecule has 3 aromatic carbocycles. The molecule has 0 fully saturated rings. The van der Waals surface area contributed by atoms with E-state index in [0.29, 0.717) is 19.4 Å². The molecule has 240 valence electrons. The highest BCUT2D eigenvalue weighted by molar-refractivity contribution is 5.85. The van der Waals surface area contributed by atoms with Crippen LogP contribution in [0.1, 0.15) is 44.2 Å². The van der Waals surface area contributed by atoms with Gasteiger partial charge in [-0.05, 0) is 74.6 Å². The molecule has 0 aliphatic carbocycles. The van der Waals surface area contributed by atoms with E-state index >= 15 is 0 Å². The molecule has 0 saturated heterocycles. The van der Waals surface area contributed by atoms with Crippen molar-refractivity contribution in [1.82, 2.24) is 4.90 Å². The topological polar surface area (TPSA) is 174 Å². The molecule has 0 aliphatic rings. The Kier molecular flexibility index (Phi) is 17.7. The number of carboxylic acids is 1. The van der Waals surface area contributed by atoms with Gasteiger partial charge in [-0.1, -0.05) is 62.4 Å². The molecule has 0 heterocycles. The second kappa shape index (κ2) is 20.6. The number of hydrogen-bond acceptors (Lipinski definition) is 9. The van der Waals surface area contributed by atoms with Gasteiger partial charge in [0.2, 0.25) is 0 Å². The van der Waals surface area contributed by atoms with Gasteiger partial charge in [0.25, 0.3) is 0 Å². The van der Waals surface area contributed by atoms with E-state index in [1.807, 2.05) is 0 Å². The van der Waals surface area contributed by atoms with Crippen LogP contribution in [0, 0.1) is 20.2 Å². The van der Waals surface area contributed by atoms with Crippen LogP contribution in [0.2, 0.25) is 0 Å². The van der Waals surface area contributed by atoms with Crippen LogP contribution in [0.4, 0.5) is 17.1 Å². The van der Waals surface area contributed by atoms with Crippen molar-refractivity contribution in [2.75, 3.05) is 38.1 Å². The van der Waals surface area contributed by atoms with Crippen LogP contribution in [0.3, 0.4) is 0 Å². The van der Waals surface area contributed by atoms with Crippen LogP contribution in [0.25, 0.3) is 0 Å². The number of ether oxygens (including phenoxy) is 1. The molecule has 0 saturated carbocycles. The molecule has 0 radical (unpaired) electrons. The minimum Gasteiger partial charge on any atom is -0.492 e. The van der Waals surface area contributed by atoms with Gasteiger partial charge in [0.05, 0.1) is 9.85 Å².